The third-order valence-corrected chi connectivity index (χ3v) is 3.54. The number of carbonyl (C=O) groups excluding carboxylic acids is 1. The highest BCUT2D eigenvalue weighted by molar-refractivity contribution is 5.94. The standard InChI is InChI=1S/C17H25N5O/c1-6-18-16(23)12-7-8-19-15(9-12)22(5)11-13-10-14(21-20-13)17(2,3)4/h7-10H,6,11H2,1-5H3,(H,18,23)(H,20,21). The molecule has 0 aliphatic rings. The predicted molar refractivity (Wildman–Crippen MR) is 91.6 cm³/mol. The van der Waals surface area contributed by atoms with Gasteiger partial charge in [0, 0.05) is 30.8 Å². The normalized spacial score (nSPS) is 11.3. The molecule has 1 amide bonds. The lowest BCUT2D eigenvalue weighted by atomic mass is 9.92. The van der Waals surface area contributed by atoms with Crippen LogP contribution >= 0.6 is 0 Å². The van der Waals surface area contributed by atoms with Gasteiger partial charge in [0.1, 0.15) is 5.82 Å². The van der Waals surface area contributed by atoms with Crippen molar-refractivity contribution in [1.82, 2.24) is 20.5 Å². The van der Waals surface area contributed by atoms with Crippen LogP contribution in [0.5, 0.6) is 0 Å². The Kier molecular flexibility index (Phi) is 5.03. The van der Waals surface area contributed by atoms with Gasteiger partial charge in [0.2, 0.25) is 0 Å². The Morgan fingerprint density at radius 3 is 2.70 bits per heavy atom. The molecule has 6 heteroatoms. The molecule has 2 rings (SSSR count). The Bertz CT molecular complexity index is 672. The van der Waals surface area contributed by atoms with E-state index in [-0.39, 0.29) is 11.3 Å². The summed E-state index contributed by atoms with van der Waals surface area (Å²) in [5.74, 6) is 0.668. The molecule has 6 nitrogen and oxygen atoms in total. The van der Waals surface area contributed by atoms with Crippen LogP contribution in [-0.2, 0) is 12.0 Å². The van der Waals surface area contributed by atoms with E-state index in [0.717, 1.165) is 17.2 Å². The summed E-state index contributed by atoms with van der Waals surface area (Å²) in [4.78, 5) is 18.3. The minimum absolute atomic E-state index is 0.0176. The van der Waals surface area contributed by atoms with Crippen molar-refractivity contribution in [1.29, 1.82) is 0 Å². The quantitative estimate of drug-likeness (QED) is 0.889. The van der Waals surface area contributed by atoms with Crippen molar-refractivity contribution in [2.75, 3.05) is 18.5 Å². The minimum Gasteiger partial charge on any atom is -0.354 e. The molecule has 124 valence electrons. The van der Waals surface area contributed by atoms with E-state index in [9.17, 15) is 4.79 Å². The molecule has 0 aliphatic heterocycles. The van der Waals surface area contributed by atoms with E-state index >= 15 is 0 Å². The highest BCUT2D eigenvalue weighted by atomic mass is 16.1. The number of nitrogens with one attached hydrogen (secondary N) is 2. The third-order valence-electron chi connectivity index (χ3n) is 3.54. The van der Waals surface area contributed by atoms with Crippen LogP contribution in [0.15, 0.2) is 24.4 Å². The predicted octanol–water partition coefficient (Wildman–Crippen LogP) is 2.49. The summed E-state index contributed by atoms with van der Waals surface area (Å²) in [7, 11) is 1.95. The average molecular weight is 315 g/mol. The number of pyridine rings is 1. The molecule has 0 fully saturated rings. The second-order valence-corrected chi connectivity index (χ2v) is 6.65. The van der Waals surface area contributed by atoms with E-state index < -0.39 is 0 Å². The molecule has 0 saturated heterocycles. The molecule has 2 heterocycles. The number of hydrogen-bond donors (Lipinski definition) is 2. The zero-order chi connectivity index (χ0) is 17.0. The van der Waals surface area contributed by atoms with Crippen LogP contribution in [0.4, 0.5) is 5.82 Å². The molecule has 0 unspecified atom stereocenters. The van der Waals surface area contributed by atoms with E-state index in [4.69, 9.17) is 0 Å². The molecule has 0 atom stereocenters. The number of rotatable bonds is 5. The van der Waals surface area contributed by atoms with E-state index in [0.29, 0.717) is 18.7 Å². The van der Waals surface area contributed by atoms with Gasteiger partial charge in [-0.2, -0.15) is 5.10 Å². The van der Waals surface area contributed by atoms with Gasteiger partial charge in [-0.3, -0.25) is 9.89 Å². The summed E-state index contributed by atoms with van der Waals surface area (Å²) in [6.45, 7) is 9.55. The van der Waals surface area contributed by atoms with Crippen LogP contribution in [-0.4, -0.2) is 34.7 Å². The van der Waals surface area contributed by atoms with Crippen molar-refractivity contribution in [2.45, 2.75) is 39.7 Å². The number of amides is 1. The molecule has 2 aromatic rings. The van der Waals surface area contributed by atoms with Gasteiger partial charge in [0.05, 0.1) is 17.9 Å². The molecule has 0 bridgehead atoms. The zero-order valence-electron chi connectivity index (χ0n) is 14.5. The lowest BCUT2D eigenvalue weighted by Gasteiger charge is -2.18. The van der Waals surface area contributed by atoms with Crippen LogP contribution in [0.25, 0.3) is 0 Å². The van der Waals surface area contributed by atoms with E-state index in [1.807, 2.05) is 18.9 Å². The number of carbonyl (C=O) groups is 1. The molecule has 0 aromatic carbocycles. The highest BCUT2D eigenvalue weighted by Gasteiger charge is 2.18. The number of aromatic nitrogens is 3. The van der Waals surface area contributed by atoms with Gasteiger partial charge in [-0.05, 0) is 25.1 Å². The van der Waals surface area contributed by atoms with Gasteiger partial charge < -0.3 is 10.2 Å². The molecule has 0 saturated carbocycles. The van der Waals surface area contributed by atoms with E-state index in [1.54, 1.807) is 18.3 Å². The Morgan fingerprint density at radius 2 is 2.09 bits per heavy atom. The van der Waals surface area contributed by atoms with Crippen LogP contribution in [0.1, 0.15) is 49.4 Å². The van der Waals surface area contributed by atoms with Crippen molar-refractivity contribution in [3.05, 3.63) is 41.3 Å². The summed E-state index contributed by atoms with van der Waals surface area (Å²) in [6.07, 6.45) is 1.66. The molecular formula is C17H25N5O. The van der Waals surface area contributed by atoms with Crippen molar-refractivity contribution < 1.29 is 4.79 Å². The van der Waals surface area contributed by atoms with Gasteiger partial charge in [0.15, 0.2) is 0 Å². The SMILES string of the molecule is CCNC(=O)c1ccnc(N(C)Cc2cc(C(C)(C)C)n[nH]2)c1. The fourth-order valence-electron chi connectivity index (χ4n) is 2.19. The molecule has 2 aromatic heterocycles. The van der Waals surface area contributed by atoms with Gasteiger partial charge in [-0.25, -0.2) is 4.98 Å². The first-order chi connectivity index (χ1) is 10.8. The topological polar surface area (TPSA) is 73.9 Å². The molecule has 2 N–H and O–H groups in total. The first-order valence-corrected chi connectivity index (χ1v) is 7.81. The summed E-state index contributed by atoms with van der Waals surface area (Å²) in [5.41, 5.74) is 2.68. The summed E-state index contributed by atoms with van der Waals surface area (Å²) in [6, 6.07) is 5.59. The number of nitrogens with zero attached hydrogens (tertiary/aromatic N) is 3. The number of anilines is 1. The number of aromatic amines is 1. The molecular weight excluding hydrogens is 290 g/mol. The smallest absolute Gasteiger partial charge is 0.251 e. The monoisotopic (exact) mass is 315 g/mol. The highest BCUT2D eigenvalue weighted by Crippen LogP contribution is 2.21. The Hall–Kier alpha value is -2.37. The van der Waals surface area contributed by atoms with Gasteiger partial charge >= 0.3 is 0 Å². The Labute approximate surface area is 137 Å². The molecule has 23 heavy (non-hydrogen) atoms. The van der Waals surface area contributed by atoms with Crippen LogP contribution in [0, 0.1) is 0 Å². The largest absolute Gasteiger partial charge is 0.354 e. The van der Waals surface area contributed by atoms with Crippen LogP contribution in [0.2, 0.25) is 0 Å². The Balaban J connectivity index is 2.11. The maximum Gasteiger partial charge on any atom is 0.251 e. The molecule has 0 radical (unpaired) electrons. The first kappa shape index (κ1) is 17.0. The molecule has 0 spiro atoms. The maximum atomic E-state index is 11.9. The first-order valence-electron chi connectivity index (χ1n) is 7.81. The minimum atomic E-state index is -0.0823. The zero-order valence-corrected chi connectivity index (χ0v) is 14.5. The van der Waals surface area contributed by atoms with Crippen LogP contribution in [0.3, 0.4) is 0 Å². The van der Waals surface area contributed by atoms with E-state index in [2.05, 4.69) is 47.3 Å². The van der Waals surface area contributed by atoms with Crippen molar-refractivity contribution in [3.63, 3.8) is 0 Å². The second kappa shape index (κ2) is 6.81. The van der Waals surface area contributed by atoms with Crippen LogP contribution < -0.4 is 10.2 Å². The Morgan fingerprint density at radius 1 is 1.35 bits per heavy atom. The lowest BCUT2D eigenvalue weighted by molar-refractivity contribution is 0.0955. The molecule has 0 aliphatic carbocycles. The fraction of sp³-hybridized carbons (Fsp3) is 0.471. The summed E-state index contributed by atoms with van der Waals surface area (Å²) >= 11 is 0. The van der Waals surface area contributed by atoms with E-state index in [1.165, 1.54) is 0 Å². The van der Waals surface area contributed by atoms with Crippen molar-refractivity contribution >= 4 is 11.7 Å². The fourth-order valence-corrected chi connectivity index (χ4v) is 2.19. The number of H-pyrrole nitrogens is 1. The van der Waals surface area contributed by atoms with Crippen molar-refractivity contribution in [2.24, 2.45) is 0 Å². The average Bonchev–Trinajstić information content (AvgIpc) is 2.96. The third kappa shape index (κ3) is 4.31. The second-order valence-electron chi connectivity index (χ2n) is 6.65. The van der Waals surface area contributed by atoms with Gasteiger partial charge in [0.25, 0.3) is 5.91 Å². The summed E-state index contributed by atoms with van der Waals surface area (Å²) in [5, 5.41) is 10.2. The van der Waals surface area contributed by atoms with Gasteiger partial charge in [-0.15, -0.1) is 0 Å². The lowest BCUT2D eigenvalue weighted by Crippen LogP contribution is -2.24. The summed E-state index contributed by atoms with van der Waals surface area (Å²) < 4.78 is 0. The number of hydrogen-bond acceptors (Lipinski definition) is 4. The van der Waals surface area contributed by atoms with Gasteiger partial charge in [-0.1, -0.05) is 20.8 Å². The van der Waals surface area contributed by atoms with Crippen molar-refractivity contribution in [3.8, 4) is 0 Å². The maximum absolute atomic E-state index is 11.9.